The first kappa shape index (κ1) is 15.3. The molecule has 1 unspecified atom stereocenters. The molecule has 23 heavy (non-hydrogen) atoms. The number of nitrogens with one attached hydrogen (secondary N) is 1. The monoisotopic (exact) mass is 313 g/mol. The molecule has 3 rings (SSSR count). The van der Waals surface area contributed by atoms with Crippen LogP contribution in [0, 0.1) is 12.3 Å². The van der Waals surface area contributed by atoms with E-state index in [1.54, 1.807) is 0 Å². The Morgan fingerprint density at radius 3 is 2.87 bits per heavy atom. The van der Waals surface area contributed by atoms with Gasteiger partial charge in [0.2, 0.25) is 5.91 Å². The second-order valence-electron chi connectivity index (χ2n) is 5.69. The van der Waals surface area contributed by atoms with E-state index in [0.29, 0.717) is 31.7 Å². The number of rotatable bonds is 7. The molecule has 1 atom stereocenters. The highest BCUT2D eigenvalue weighted by atomic mass is 16.6. The van der Waals surface area contributed by atoms with Gasteiger partial charge in [-0.15, -0.1) is 12.3 Å². The van der Waals surface area contributed by atoms with Crippen molar-refractivity contribution in [2.75, 3.05) is 13.2 Å². The zero-order valence-corrected chi connectivity index (χ0v) is 12.8. The van der Waals surface area contributed by atoms with Crippen LogP contribution in [-0.2, 0) is 4.79 Å². The van der Waals surface area contributed by atoms with E-state index in [1.807, 2.05) is 24.3 Å². The van der Waals surface area contributed by atoms with E-state index < -0.39 is 0 Å². The number of para-hydroxylation sites is 2. The maximum atomic E-state index is 12.0. The molecule has 1 aromatic rings. The molecule has 1 aromatic carbocycles. The molecule has 0 aliphatic carbocycles. The van der Waals surface area contributed by atoms with Crippen molar-refractivity contribution in [3.63, 3.8) is 0 Å². The SMILES string of the molecule is C#CCCC1(CCNC(=O)CC2COc3ccccc3O2)N=N1. The van der Waals surface area contributed by atoms with Crippen molar-refractivity contribution in [2.45, 2.75) is 37.5 Å². The first-order valence-corrected chi connectivity index (χ1v) is 7.73. The van der Waals surface area contributed by atoms with E-state index in [9.17, 15) is 4.79 Å². The van der Waals surface area contributed by atoms with E-state index in [-0.39, 0.29) is 24.1 Å². The number of amides is 1. The summed E-state index contributed by atoms with van der Waals surface area (Å²) < 4.78 is 11.4. The van der Waals surface area contributed by atoms with Gasteiger partial charge >= 0.3 is 0 Å². The van der Waals surface area contributed by atoms with Crippen LogP contribution in [0.15, 0.2) is 34.5 Å². The molecule has 0 fully saturated rings. The van der Waals surface area contributed by atoms with E-state index in [4.69, 9.17) is 15.9 Å². The van der Waals surface area contributed by atoms with Crippen molar-refractivity contribution < 1.29 is 14.3 Å². The molecule has 0 saturated heterocycles. The van der Waals surface area contributed by atoms with Gasteiger partial charge in [0.1, 0.15) is 12.7 Å². The number of hydrogen-bond donors (Lipinski definition) is 1. The van der Waals surface area contributed by atoms with Gasteiger partial charge in [0.25, 0.3) is 0 Å². The van der Waals surface area contributed by atoms with Crippen LogP contribution in [0.3, 0.4) is 0 Å². The van der Waals surface area contributed by atoms with Gasteiger partial charge in [-0.2, -0.15) is 10.2 Å². The summed E-state index contributed by atoms with van der Waals surface area (Å²) in [6.07, 6.45) is 7.32. The zero-order valence-electron chi connectivity index (χ0n) is 12.8. The van der Waals surface area contributed by atoms with Gasteiger partial charge in [-0.1, -0.05) is 12.1 Å². The largest absolute Gasteiger partial charge is 0.486 e. The number of fused-ring (bicyclic) bond motifs is 1. The fourth-order valence-corrected chi connectivity index (χ4v) is 2.51. The summed E-state index contributed by atoms with van der Waals surface area (Å²) in [5.41, 5.74) is -0.358. The lowest BCUT2D eigenvalue weighted by Gasteiger charge is -2.26. The summed E-state index contributed by atoms with van der Waals surface area (Å²) in [7, 11) is 0. The molecule has 120 valence electrons. The van der Waals surface area contributed by atoms with E-state index in [2.05, 4.69) is 21.5 Å². The van der Waals surface area contributed by atoms with Crippen molar-refractivity contribution >= 4 is 5.91 Å². The van der Waals surface area contributed by atoms with E-state index in [1.165, 1.54) is 0 Å². The number of ether oxygens (including phenoxy) is 2. The van der Waals surface area contributed by atoms with Crippen LogP contribution in [-0.4, -0.2) is 30.8 Å². The van der Waals surface area contributed by atoms with Crippen LogP contribution < -0.4 is 14.8 Å². The van der Waals surface area contributed by atoms with Crippen LogP contribution in [0.1, 0.15) is 25.7 Å². The van der Waals surface area contributed by atoms with Crippen LogP contribution in [0.4, 0.5) is 0 Å². The molecule has 6 heteroatoms. The first-order chi connectivity index (χ1) is 11.2. The average Bonchev–Trinajstić information content (AvgIpc) is 3.33. The van der Waals surface area contributed by atoms with Crippen LogP contribution >= 0.6 is 0 Å². The third kappa shape index (κ3) is 4.01. The lowest BCUT2D eigenvalue weighted by molar-refractivity contribution is -0.123. The highest BCUT2D eigenvalue weighted by Gasteiger charge is 2.38. The molecule has 2 heterocycles. The van der Waals surface area contributed by atoms with Crippen molar-refractivity contribution in [3.05, 3.63) is 24.3 Å². The Kier molecular flexibility index (Phi) is 4.47. The van der Waals surface area contributed by atoms with Crippen molar-refractivity contribution in [1.29, 1.82) is 0 Å². The minimum absolute atomic E-state index is 0.0641. The number of hydrogen-bond acceptors (Lipinski definition) is 5. The lowest BCUT2D eigenvalue weighted by Crippen LogP contribution is -2.36. The summed E-state index contributed by atoms with van der Waals surface area (Å²) in [5, 5.41) is 11.0. The Morgan fingerprint density at radius 1 is 1.35 bits per heavy atom. The average molecular weight is 313 g/mol. The predicted octanol–water partition coefficient (Wildman–Crippen LogP) is 2.30. The smallest absolute Gasteiger partial charge is 0.223 e. The molecule has 1 N–H and O–H groups in total. The molecule has 2 aliphatic rings. The van der Waals surface area contributed by atoms with Crippen LogP contribution in [0.2, 0.25) is 0 Å². The second-order valence-corrected chi connectivity index (χ2v) is 5.69. The van der Waals surface area contributed by atoms with Gasteiger partial charge in [0.05, 0.1) is 6.42 Å². The number of benzene rings is 1. The molecule has 2 aliphatic heterocycles. The molecule has 0 bridgehead atoms. The predicted molar refractivity (Wildman–Crippen MR) is 84.3 cm³/mol. The van der Waals surface area contributed by atoms with E-state index in [0.717, 1.165) is 12.2 Å². The molecule has 0 spiro atoms. The Labute approximate surface area is 135 Å². The van der Waals surface area contributed by atoms with Gasteiger partial charge in [-0.25, -0.2) is 0 Å². The molecular weight excluding hydrogens is 294 g/mol. The van der Waals surface area contributed by atoms with Crippen molar-refractivity contribution in [1.82, 2.24) is 5.32 Å². The fraction of sp³-hybridized carbons (Fsp3) is 0.471. The minimum Gasteiger partial charge on any atom is -0.486 e. The quantitative estimate of drug-likeness (QED) is 0.785. The Hall–Kier alpha value is -2.55. The summed E-state index contributed by atoms with van der Waals surface area (Å²) >= 11 is 0. The van der Waals surface area contributed by atoms with Gasteiger partial charge < -0.3 is 14.8 Å². The number of carbonyl (C=O) groups is 1. The lowest BCUT2D eigenvalue weighted by atomic mass is 10.0. The zero-order chi connectivity index (χ0) is 16.1. The Bertz CT molecular complexity index is 645. The van der Waals surface area contributed by atoms with Crippen molar-refractivity contribution in [2.24, 2.45) is 10.2 Å². The highest BCUT2D eigenvalue weighted by Crippen LogP contribution is 2.36. The summed E-state index contributed by atoms with van der Waals surface area (Å²) in [6.45, 7) is 0.905. The molecule has 6 nitrogen and oxygen atoms in total. The van der Waals surface area contributed by atoms with Crippen LogP contribution in [0.25, 0.3) is 0 Å². The first-order valence-electron chi connectivity index (χ1n) is 7.73. The van der Waals surface area contributed by atoms with Gasteiger partial charge in [-0.05, 0) is 12.1 Å². The minimum atomic E-state index is -0.358. The number of terminal acetylenes is 1. The Balaban J connectivity index is 1.38. The topological polar surface area (TPSA) is 72.3 Å². The maximum Gasteiger partial charge on any atom is 0.223 e. The third-order valence-corrected chi connectivity index (χ3v) is 3.88. The van der Waals surface area contributed by atoms with Crippen LogP contribution in [0.5, 0.6) is 11.5 Å². The summed E-state index contributed by atoms with van der Waals surface area (Å²) in [4.78, 5) is 12.0. The molecule has 1 amide bonds. The number of carbonyl (C=O) groups excluding carboxylic acids is 1. The Morgan fingerprint density at radius 2 is 2.13 bits per heavy atom. The number of nitrogens with zero attached hydrogens (tertiary/aromatic N) is 2. The molecule has 0 saturated carbocycles. The highest BCUT2D eigenvalue weighted by molar-refractivity contribution is 5.76. The molecule has 0 radical (unpaired) electrons. The van der Waals surface area contributed by atoms with Gasteiger partial charge in [0, 0.05) is 25.8 Å². The molecular formula is C17H19N3O3. The van der Waals surface area contributed by atoms with Gasteiger partial charge in [0.15, 0.2) is 17.2 Å². The third-order valence-electron chi connectivity index (χ3n) is 3.88. The summed E-state index contributed by atoms with van der Waals surface area (Å²) in [6, 6.07) is 7.46. The molecule has 0 aromatic heterocycles. The normalized spacial score (nSPS) is 19.7. The fourth-order valence-electron chi connectivity index (χ4n) is 2.51. The second kappa shape index (κ2) is 6.69. The summed E-state index contributed by atoms with van der Waals surface area (Å²) in [5.74, 6) is 3.92. The van der Waals surface area contributed by atoms with Gasteiger partial charge in [-0.3, -0.25) is 4.79 Å². The van der Waals surface area contributed by atoms with E-state index >= 15 is 0 Å². The van der Waals surface area contributed by atoms with Crippen molar-refractivity contribution in [3.8, 4) is 23.8 Å². The standard InChI is InChI=1S/C17H19N3O3/c1-2-3-8-17(19-20-17)9-10-18-16(21)11-13-12-22-14-6-4-5-7-15(14)23-13/h1,4-7,13H,3,8-12H2,(H,18,21). The maximum absolute atomic E-state index is 12.0.